The van der Waals surface area contributed by atoms with E-state index in [9.17, 15) is 4.79 Å². The van der Waals surface area contributed by atoms with Crippen LogP contribution in [-0.2, 0) is 4.79 Å². The third-order valence-corrected chi connectivity index (χ3v) is 2.65. The van der Waals surface area contributed by atoms with Crippen LogP contribution in [0.25, 0.3) is 0 Å². The summed E-state index contributed by atoms with van der Waals surface area (Å²) in [5, 5.41) is 6.10. The summed E-state index contributed by atoms with van der Waals surface area (Å²) in [5.41, 5.74) is 5.20. The number of nitrogens with one attached hydrogen (secondary N) is 2. The van der Waals surface area contributed by atoms with Crippen molar-refractivity contribution in [3.63, 3.8) is 0 Å². The highest BCUT2D eigenvalue weighted by atomic mass is 35.5. The number of nitrogens with two attached hydrogens (primary N) is 1. The summed E-state index contributed by atoms with van der Waals surface area (Å²) >= 11 is 0. The zero-order valence-electron chi connectivity index (χ0n) is 8.80. The van der Waals surface area contributed by atoms with Gasteiger partial charge in [-0.15, -0.1) is 12.4 Å². The van der Waals surface area contributed by atoms with Crippen molar-refractivity contribution in [2.24, 2.45) is 11.1 Å². The highest BCUT2D eigenvalue weighted by Gasteiger charge is 2.36. The summed E-state index contributed by atoms with van der Waals surface area (Å²) in [7, 11) is 0. The highest BCUT2D eigenvalue weighted by molar-refractivity contribution is 5.85. The Kier molecular flexibility index (Phi) is 5.41. The molecule has 84 valence electrons. The van der Waals surface area contributed by atoms with Crippen LogP contribution in [0.15, 0.2) is 0 Å². The maximum Gasteiger partial charge on any atom is 0.227 e. The van der Waals surface area contributed by atoms with Crippen molar-refractivity contribution < 1.29 is 4.79 Å². The number of amides is 1. The van der Waals surface area contributed by atoms with Gasteiger partial charge in [-0.05, 0) is 26.8 Å². The molecule has 0 aromatic rings. The number of hydrogen-bond donors (Lipinski definition) is 3. The van der Waals surface area contributed by atoms with E-state index in [2.05, 4.69) is 10.6 Å². The zero-order chi connectivity index (χ0) is 9.90. The van der Waals surface area contributed by atoms with Crippen molar-refractivity contribution in [1.29, 1.82) is 0 Å². The molecule has 0 saturated carbocycles. The molecule has 0 aliphatic carbocycles. The zero-order valence-corrected chi connectivity index (χ0v) is 9.62. The molecule has 0 bridgehead atoms. The van der Waals surface area contributed by atoms with Crippen molar-refractivity contribution in [3.05, 3.63) is 0 Å². The summed E-state index contributed by atoms with van der Waals surface area (Å²) in [5.74, 6) is 0.121. The van der Waals surface area contributed by atoms with E-state index in [1.165, 1.54) is 0 Å². The molecule has 5 heteroatoms. The average molecular weight is 222 g/mol. The highest BCUT2D eigenvalue weighted by Crippen LogP contribution is 2.24. The topological polar surface area (TPSA) is 67.1 Å². The average Bonchev–Trinajstić information content (AvgIpc) is 2.53. The Bertz CT molecular complexity index is 192. The first-order chi connectivity index (χ1) is 6.08. The van der Waals surface area contributed by atoms with E-state index in [1.54, 1.807) is 0 Å². The summed E-state index contributed by atoms with van der Waals surface area (Å²) in [6.45, 7) is 6.11. The maximum absolute atomic E-state index is 11.7. The van der Waals surface area contributed by atoms with Crippen molar-refractivity contribution in [2.45, 2.75) is 26.3 Å². The molecule has 14 heavy (non-hydrogen) atoms. The van der Waals surface area contributed by atoms with E-state index in [4.69, 9.17) is 5.73 Å². The molecule has 1 heterocycles. The Morgan fingerprint density at radius 2 is 2.36 bits per heavy atom. The van der Waals surface area contributed by atoms with E-state index in [-0.39, 0.29) is 29.8 Å². The number of carbonyl (C=O) groups excluding carboxylic acids is 1. The number of rotatable bonds is 3. The molecule has 1 aliphatic rings. The van der Waals surface area contributed by atoms with Crippen LogP contribution in [-0.4, -0.2) is 31.6 Å². The molecule has 1 fully saturated rings. The van der Waals surface area contributed by atoms with Gasteiger partial charge in [-0.25, -0.2) is 0 Å². The molecule has 1 saturated heterocycles. The molecule has 2 atom stereocenters. The first kappa shape index (κ1) is 13.7. The first-order valence-electron chi connectivity index (χ1n) is 4.80. The van der Waals surface area contributed by atoms with Crippen molar-refractivity contribution in [2.75, 3.05) is 19.6 Å². The molecule has 1 rings (SSSR count). The van der Waals surface area contributed by atoms with Gasteiger partial charge in [-0.3, -0.25) is 4.79 Å². The minimum absolute atomic E-state index is 0. The van der Waals surface area contributed by atoms with Gasteiger partial charge in [0.1, 0.15) is 0 Å². The van der Waals surface area contributed by atoms with E-state index in [0.29, 0.717) is 6.54 Å². The summed E-state index contributed by atoms with van der Waals surface area (Å²) < 4.78 is 0. The normalized spacial score (nSPS) is 27.9. The Balaban J connectivity index is 0.00000169. The van der Waals surface area contributed by atoms with Crippen molar-refractivity contribution in [1.82, 2.24) is 10.6 Å². The van der Waals surface area contributed by atoms with Gasteiger partial charge in [-0.1, -0.05) is 0 Å². The van der Waals surface area contributed by atoms with Crippen LogP contribution in [0.2, 0.25) is 0 Å². The van der Waals surface area contributed by atoms with E-state index in [1.807, 2.05) is 13.8 Å². The van der Waals surface area contributed by atoms with Crippen LogP contribution in [0.4, 0.5) is 0 Å². The van der Waals surface area contributed by atoms with Gasteiger partial charge in [-0.2, -0.15) is 0 Å². The second-order valence-electron chi connectivity index (χ2n) is 4.10. The quantitative estimate of drug-likeness (QED) is 0.622. The molecule has 0 aromatic heterocycles. The van der Waals surface area contributed by atoms with Gasteiger partial charge in [0, 0.05) is 19.1 Å². The monoisotopic (exact) mass is 221 g/mol. The van der Waals surface area contributed by atoms with Crippen molar-refractivity contribution in [3.8, 4) is 0 Å². The SMILES string of the molecule is C[C@@H](CN)NC(=O)C1(C)CCNC1.Cl. The van der Waals surface area contributed by atoms with E-state index < -0.39 is 0 Å². The summed E-state index contributed by atoms with van der Waals surface area (Å²) in [4.78, 5) is 11.7. The fourth-order valence-electron chi connectivity index (χ4n) is 1.47. The molecular formula is C9H20ClN3O. The van der Waals surface area contributed by atoms with Crippen LogP contribution in [0, 0.1) is 5.41 Å². The molecule has 4 nitrogen and oxygen atoms in total. The fourth-order valence-corrected chi connectivity index (χ4v) is 1.47. The molecule has 1 aliphatic heterocycles. The molecule has 1 unspecified atom stereocenters. The van der Waals surface area contributed by atoms with Gasteiger partial charge in [0.15, 0.2) is 0 Å². The van der Waals surface area contributed by atoms with Gasteiger partial charge < -0.3 is 16.4 Å². The lowest BCUT2D eigenvalue weighted by molar-refractivity contribution is -0.129. The second-order valence-corrected chi connectivity index (χ2v) is 4.10. The Morgan fingerprint density at radius 3 is 2.79 bits per heavy atom. The number of hydrogen-bond acceptors (Lipinski definition) is 3. The van der Waals surface area contributed by atoms with Gasteiger partial charge in [0.25, 0.3) is 0 Å². The largest absolute Gasteiger partial charge is 0.352 e. The van der Waals surface area contributed by atoms with Crippen LogP contribution >= 0.6 is 12.4 Å². The maximum atomic E-state index is 11.7. The Hall–Kier alpha value is -0.320. The standard InChI is InChI=1S/C9H19N3O.ClH/c1-7(5-10)12-8(13)9(2)3-4-11-6-9;/h7,11H,3-6,10H2,1-2H3,(H,12,13);1H/t7-,9?;/m0./s1. The first-order valence-corrected chi connectivity index (χ1v) is 4.80. The molecule has 4 N–H and O–H groups in total. The third kappa shape index (κ3) is 3.12. The molecule has 1 amide bonds. The molecule has 0 radical (unpaired) electrons. The van der Waals surface area contributed by atoms with Gasteiger partial charge in [0.2, 0.25) is 5.91 Å². The predicted molar refractivity (Wildman–Crippen MR) is 59.5 cm³/mol. The van der Waals surface area contributed by atoms with E-state index >= 15 is 0 Å². The fraction of sp³-hybridized carbons (Fsp3) is 0.889. The lowest BCUT2D eigenvalue weighted by atomic mass is 9.88. The molecule has 0 spiro atoms. The van der Waals surface area contributed by atoms with E-state index in [0.717, 1.165) is 19.5 Å². The third-order valence-electron chi connectivity index (χ3n) is 2.65. The minimum Gasteiger partial charge on any atom is -0.352 e. The minimum atomic E-state index is -0.233. The summed E-state index contributed by atoms with van der Waals surface area (Å²) in [6, 6.07) is 0.0740. The smallest absolute Gasteiger partial charge is 0.227 e. The van der Waals surface area contributed by atoms with Crippen LogP contribution < -0.4 is 16.4 Å². The van der Waals surface area contributed by atoms with Crippen LogP contribution in [0.5, 0.6) is 0 Å². The Morgan fingerprint density at radius 1 is 1.71 bits per heavy atom. The summed E-state index contributed by atoms with van der Waals surface area (Å²) in [6.07, 6.45) is 0.913. The van der Waals surface area contributed by atoms with Crippen LogP contribution in [0.3, 0.4) is 0 Å². The van der Waals surface area contributed by atoms with Gasteiger partial charge in [0.05, 0.1) is 5.41 Å². The second kappa shape index (κ2) is 5.53. The number of carbonyl (C=O) groups is 1. The Labute approximate surface area is 91.4 Å². The van der Waals surface area contributed by atoms with Crippen molar-refractivity contribution >= 4 is 18.3 Å². The molecular weight excluding hydrogens is 202 g/mol. The lowest BCUT2D eigenvalue weighted by Crippen LogP contribution is -2.46. The number of halogens is 1. The van der Waals surface area contributed by atoms with Gasteiger partial charge >= 0.3 is 0 Å². The predicted octanol–water partition coefficient (Wildman–Crippen LogP) is -0.129. The van der Waals surface area contributed by atoms with Crippen LogP contribution in [0.1, 0.15) is 20.3 Å². The molecule has 0 aromatic carbocycles. The lowest BCUT2D eigenvalue weighted by Gasteiger charge is -2.23.